The Hall–Kier alpha value is -0.370. The van der Waals surface area contributed by atoms with E-state index in [1.54, 1.807) is 6.92 Å². The Morgan fingerprint density at radius 1 is 1.45 bits per heavy atom. The largest absolute Gasteiger partial charge is 0.393 e. The molecule has 0 aromatic rings. The van der Waals surface area contributed by atoms with Gasteiger partial charge in [0, 0.05) is 5.92 Å². The predicted molar refractivity (Wildman–Crippen MR) is 43.2 cm³/mol. The van der Waals surface area contributed by atoms with Gasteiger partial charge < -0.3 is 5.11 Å². The number of carbonyl (C=O) groups is 1. The number of carbonyl (C=O) groups excluding carboxylic acids is 1. The quantitative estimate of drug-likeness (QED) is 0.622. The van der Waals surface area contributed by atoms with Crippen LogP contribution in [0.2, 0.25) is 0 Å². The summed E-state index contributed by atoms with van der Waals surface area (Å²) in [6.07, 6.45) is 2.37. The van der Waals surface area contributed by atoms with Gasteiger partial charge in [-0.05, 0) is 32.1 Å². The van der Waals surface area contributed by atoms with Gasteiger partial charge in [-0.3, -0.25) is 4.79 Å². The molecule has 0 saturated heterocycles. The first-order valence-corrected chi connectivity index (χ1v) is 4.29. The van der Waals surface area contributed by atoms with Gasteiger partial charge in [0.05, 0.1) is 6.10 Å². The van der Waals surface area contributed by atoms with Crippen molar-refractivity contribution in [3.63, 3.8) is 0 Å². The second-order valence-corrected chi connectivity index (χ2v) is 3.67. The molecule has 0 aromatic carbocycles. The van der Waals surface area contributed by atoms with Crippen LogP contribution < -0.4 is 0 Å². The lowest BCUT2D eigenvalue weighted by Gasteiger charge is -2.29. The Morgan fingerprint density at radius 3 is 2.55 bits per heavy atom. The lowest BCUT2D eigenvalue weighted by molar-refractivity contribution is -0.123. The molecule has 1 fully saturated rings. The van der Waals surface area contributed by atoms with E-state index in [0.29, 0.717) is 5.92 Å². The zero-order chi connectivity index (χ0) is 8.43. The van der Waals surface area contributed by atoms with Gasteiger partial charge in [0.1, 0.15) is 5.78 Å². The molecular weight excluding hydrogens is 140 g/mol. The molecule has 64 valence electrons. The first kappa shape index (κ1) is 8.72. The summed E-state index contributed by atoms with van der Waals surface area (Å²) in [5.41, 5.74) is 0. The topological polar surface area (TPSA) is 37.3 Å². The Morgan fingerprint density at radius 2 is 2.09 bits per heavy atom. The van der Waals surface area contributed by atoms with E-state index in [0.717, 1.165) is 19.3 Å². The van der Waals surface area contributed by atoms with Gasteiger partial charge in [-0.25, -0.2) is 0 Å². The fourth-order valence-corrected chi connectivity index (χ4v) is 1.75. The summed E-state index contributed by atoms with van der Waals surface area (Å²) in [6, 6.07) is 0. The summed E-state index contributed by atoms with van der Waals surface area (Å²) in [7, 11) is 0. The SMILES string of the molecule is CC(=O)C1CCC(O)C(C)C1. The average Bonchev–Trinajstić information content (AvgIpc) is 1.94. The van der Waals surface area contributed by atoms with Crippen molar-refractivity contribution in [2.24, 2.45) is 11.8 Å². The molecule has 3 atom stereocenters. The van der Waals surface area contributed by atoms with Gasteiger partial charge in [0.15, 0.2) is 0 Å². The van der Waals surface area contributed by atoms with Gasteiger partial charge in [-0.15, -0.1) is 0 Å². The maximum absolute atomic E-state index is 11.0. The van der Waals surface area contributed by atoms with Crippen molar-refractivity contribution in [3.8, 4) is 0 Å². The molecule has 0 spiro atoms. The molecular formula is C9H16O2. The van der Waals surface area contributed by atoms with Gasteiger partial charge in [0.25, 0.3) is 0 Å². The van der Waals surface area contributed by atoms with E-state index in [1.807, 2.05) is 6.92 Å². The van der Waals surface area contributed by atoms with Gasteiger partial charge in [-0.1, -0.05) is 6.92 Å². The Labute approximate surface area is 67.6 Å². The summed E-state index contributed by atoms with van der Waals surface area (Å²) in [5.74, 6) is 0.801. The van der Waals surface area contributed by atoms with Crippen LogP contribution in [0.1, 0.15) is 33.1 Å². The summed E-state index contributed by atoms with van der Waals surface area (Å²) in [6.45, 7) is 3.66. The van der Waals surface area contributed by atoms with E-state index in [4.69, 9.17) is 0 Å². The van der Waals surface area contributed by atoms with Crippen LogP contribution in [-0.2, 0) is 4.79 Å². The standard InChI is InChI=1S/C9H16O2/c1-6-5-8(7(2)10)3-4-9(6)11/h6,8-9,11H,3-5H2,1-2H3. The molecule has 1 rings (SSSR count). The van der Waals surface area contributed by atoms with Crippen molar-refractivity contribution in [1.82, 2.24) is 0 Å². The zero-order valence-electron chi connectivity index (χ0n) is 7.21. The van der Waals surface area contributed by atoms with E-state index in [1.165, 1.54) is 0 Å². The number of rotatable bonds is 1. The number of ketones is 1. The fourth-order valence-electron chi connectivity index (χ4n) is 1.75. The molecule has 0 amide bonds. The second-order valence-electron chi connectivity index (χ2n) is 3.67. The molecule has 0 heterocycles. The lowest BCUT2D eigenvalue weighted by Crippen LogP contribution is -2.29. The molecule has 11 heavy (non-hydrogen) atoms. The third-order valence-electron chi connectivity index (χ3n) is 2.70. The van der Waals surface area contributed by atoms with E-state index in [-0.39, 0.29) is 17.8 Å². The van der Waals surface area contributed by atoms with Gasteiger partial charge in [-0.2, -0.15) is 0 Å². The summed E-state index contributed by atoms with van der Waals surface area (Å²) in [5, 5.41) is 9.37. The van der Waals surface area contributed by atoms with Crippen LogP contribution in [0, 0.1) is 11.8 Å². The Balaban J connectivity index is 2.46. The smallest absolute Gasteiger partial charge is 0.132 e. The molecule has 1 aliphatic carbocycles. The minimum Gasteiger partial charge on any atom is -0.393 e. The molecule has 3 unspecified atom stereocenters. The van der Waals surface area contributed by atoms with Crippen molar-refractivity contribution in [2.75, 3.05) is 0 Å². The number of aliphatic hydroxyl groups is 1. The highest BCUT2D eigenvalue weighted by Gasteiger charge is 2.27. The molecule has 0 radical (unpaired) electrons. The van der Waals surface area contributed by atoms with Crippen LogP contribution in [0.4, 0.5) is 0 Å². The van der Waals surface area contributed by atoms with Crippen LogP contribution in [0.3, 0.4) is 0 Å². The maximum atomic E-state index is 11.0. The zero-order valence-corrected chi connectivity index (χ0v) is 7.21. The van der Waals surface area contributed by atoms with Crippen LogP contribution in [0.15, 0.2) is 0 Å². The number of hydrogen-bond acceptors (Lipinski definition) is 2. The summed E-state index contributed by atoms with van der Waals surface area (Å²) in [4.78, 5) is 11.0. The second kappa shape index (κ2) is 3.35. The first-order valence-electron chi connectivity index (χ1n) is 4.29. The first-order chi connectivity index (χ1) is 5.11. The molecule has 1 N–H and O–H groups in total. The van der Waals surface area contributed by atoms with E-state index >= 15 is 0 Å². The molecule has 1 saturated carbocycles. The maximum Gasteiger partial charge on any atom is 0.132 e. The van der Waals surface area contributed by atoms with Crippen LogP contribution in [0.5, 0.6) is 0 Å². The van der Waals surface area contributed by atoms with Gasteiger partial charge >= 0.3 is 0 Å². The monoisotopic (exact) mass is 156 g/mol. The Kier molecular flexibility index (Phi) is 2.66. The number of aliphatic hydroxyl groups excluding tert-OH is 1. The molecule has 1 aliphatic rings. The van der Waals surface area contributed by atoms with Crippen molar-refractivity contribution in [3.05, 3.63) is 0 Å². The van der Waals surface area contributed by atoms with E-state index in [9.17, 15) is 9.90 Å². The third-order valence-corrected chi connectivity index (χ3v) is 2.70. The highest BCUT2D eigenvalue weighted by molar-refractivity contribution is 5.78. The van der Waals surface area contributed by atoms with Crippen LogP contribution in [0.25, 0.3) is 0 Å². The highest BCUT2D eigenvalue weighted by Crippen LogP contribution is 2.29. The third kappa shape index (κ3) is 2.03. The molecule has 0 bridgehead atoms. The molecule has 0 aromatic heterocycles. The van der Waals surface area contributed by atoms with Crippen LogP contribution in [-0.4, -0.2) is 17.0 Å². The number of Topliss-reactive ketones (excluding diaryl/α,β-unsaturated/α-hetero) is 1. The minimum absolute atomic E-state index is 0.175. The fraction of sp³-hybridized carbons (Fsp3) is 0.889. The molecule has 2 heteroatoms. The Bertz CT molecular complexity index is 154. The van der Waals surface area contributed by atoms with Crippen molar-refractivity contribution in [2.45, 2.75) is 39.2 Å². The van der Waals surface area contributed by atoms with E-state index in [2.05, 4.69) is 0 Å². The van der Waals surface area contributed by atoms with Crippen molar-refractivity contribution >= 4 is 5.78 Å². The van der Waals surface area contributed by atoms with E-state index < -0.39 is 0 Å². The van der Waals surface area contributed by atoms with Crippen molar-refractivity contribution < 1.29 is 9.90 Å². The predicted octanol–water partition coefficient (Wildman–Crippen LogP) is 1.37. The minimum atomic E-state index is -0.175. The highest BCUT2D eigenvalue weighted by atomic mass is 16.3. The normalized spacial score (nSPS) is 38.6. The average molecular weight is 156 g/mol. The number of hydrogen-bond donors (Lipinski definition) is 1. The van der Waals surface area contributed by atoms with Crippen molar-refractivity contribution in [1.29, 1.82) is 0 Å². The molecule has 0 aliphatic heterocycles. The van der Waals surface area contributed by atoms with Crippen LogP contribution >= 0.6 is 0 Å². The lowest BCUT2D eigenvalue weighted by atomic mass is 9.79. The summed E-state index contributed by atoms with van der Waals surface area (Å²) >= 11 is 0. The summed E-state index contributed by atoms with van der Waals surface area (Å²) < 4.78 is 0. The van der Waals surface area contributed by atoms with Gasteiger partial charge in [0.2, 0.25) is 0 Å². The molecule has 2 nitrogen and oxygen atoms in total.